The Morgan fingerprint density at radius 2 is 2.15 bits per heavy atom. The van der Waals surface area contributed by atoms with Crippen LogP contribution in [0.4, 0.5) is 0 Å². The number of nitrogens with two attached hydrogens (primary N) is 1. The minimum atomic E-state index is -2.94. The van der Waals surface area contributed by atoms with Crippen LogP contribution < -0.4 is 11.1 Å². The molecule has 7 nitrogen and oxygen atoms in total. The number of hydrogen-bond donors (Lipinski definition) is 3. The Morgan fingerprint density at radius 1 is 1.50 bits per heavy atom. The van der Waals surface area contributed by atoms with Gasteiger partial charge < -0.3 is 16.3 Å². The molecule has 2 rings (SSSR count). The van der Waals surface area contributed by atoms with Gasteiger partial charge in [0, 0.05) is 6.54 Å². The maximum atomic E-state index is 12.3. The molecule has 1 saturated carbocycles. The standard InChI is InChI=1S/C12H21N3O4S/c1-8-4-12(5-8,10(13)15-17)11(16)14-6-9-2-3-20(18,19)7-9/h8-9,17H,2-7H2,1H3,(H2,13,15)(H,14,16). The van der Waals surface area contributed by atoms with Crippen molar-refractivity contribution in [3.8, 4) is 0 Å². The fourth-order valence-corrected chi connectivity index (χ4v) is 5.04. The van der Waals surface area contributed by atoms with E-state index in [-0.39, 0.29) is 29.2 Å². The molecule has 20 heavy (non-hydrogen) atoms. The van der Waals surface area contributed by atoms with Crippen LogP contribution in [-0.2, 0) is 14.6 Å². The first-order chi connectivity index (χ1) is 9.29. The highest BCUT2D eigenvalue weighted by molar-refractivity contribution is 7.91. The Hall–Kier alpha value is -1.31. The van der Waals surface area contributed by atoms with E-state index in [0.717, 1.165) is 0 Å². The Morgan fingerprint density at radius 3 is 2.60 bits per heavy atom. The number of rotatable bonds is 4. The van der Waals surface area contributed by atoms with Gasteiger partial charge in [0.15, 0.2) is 15.7 Å². The summed E-state index contributed by atoms with van der Waals surface area (Å²) < 4.78 is 22.7. The van der Waals surface area contributed by atoms with E-state index < -0.39 is 15.3 Å². The lowest BCUT2D eigenvalue weighted by Crippen LogP contribution is -2.57. The van der Waals surface area contributed by atoms with Gasteiger partial charge in [0.05, 0.1) is 11.5 Å². The van der Waals surface area contributed by atoms with Crippen molar-refractivity contribution in [2.24, 2.45) is 28.1 Å². The lowest BCUT2D eigenvalue weighted by atomic mass is 9.61. The number of amides is 1. The van der Waals surface area contributed by atoms with Gasteiger partial charge in [-0.15, -0.1) is 0 Å². The van der Waals surface area contributed by atoms with Crippen LogP contribution in [0.3, 0.4) is 0 Å². The fraction of sp³-hybridized carbons (Fsp3) is 0.833. The van der Waals surface area contributed by atoms with E-state index in [1.807, 2.05) is 6.92 Å². The summed E-state index contributed by atoms with van der Waals surface area (Å²) in [6.45, 7) is 2.33. The van der Waals surface area contributed by atoms with Gasteiger partial charge in [-0.25, -0.2) is 8.42 Å². The number of nitrogens with zero attached hydrogens (tertiary/aromatic N) is 1. The zero-order chi connectivity index (χ0) is 15.0. The highest BCUT2D eigenvalue weighted by Gasteiger charge is 2.52. The third-order valence-corrected chi connectivity index (χ3v) is 6.14. The molecule has 0 radical (unpaired) electrons. The molecule has 0 aromatic carbocycles. The summed E-state index contributed by atoms with van der Waals surface area (Å²) in [6, 6.07) is 0. The third-order valence-electron chi connectivity index (χ3n) is 4.30. The normalized spacial score (nSPS) is 36.4. The van der Waals surface area contributed by atoms with E-state index in [1.165, 1.54) is 0 Å². The molecule has 0 spiro atoms. The molecule has 0 aromatic rings. The second kappa shape index (κ2) is 5.23. The molecule has 114 valence electrons. The summed E-state index contributed by atoms with van der Waals surface area (Å²) in [5, 5.41) is 14.6. The molecule has 1 unspecified atom stereocenters. The van der Waals surface area contributed by atoms with Gasteiger partial charge in [-0.2, -0.15) is 0 Å². The molecule has 1 amide bonds. The van der Waals surface area contributed by atoms with Crippen LogP contribution in [0.1, 0.15) is 26.2 Å². The van der Waals surface area contributed by atoms with Crippen molar-refractivity contribution in [1.82, 2.24) is 5.32 Å². The van der Waals surface area contributed by atoms with Crippen molar-refractivity contribution in [1.29, 1.82) is 0 Å². The minimum Gasteiger partial charge on any atom is -0.409 e. The molecule has 4 N–H and O–H groups in total. The smallest absolute Gasteiger partial charge is 0.233 e. The summed E-state index contributed by atoms with van der Waals surface area (Å²) in [5.41, 5.74) is 4.72. The second-order valence-electron chi connectivity index (χ2n) is 6.06. The topological polar surface area (TPSA) is 122 Å². The van der Waals surface area contributed by atoms with Crippen LogP contribution in [0.25, 0.3) is 0 Å². The maximum Gasteiger partial charge on any atom is 0.233 e. The summed E-state index contributed by atoms with van der Waals surface area (Å²) >= 11 is 0. The number of carbonyl (C=O) groups excluding carboxylic acids is 1. The van der Waals surface area contributed by atoms with Crippen LogP contribution in [0.2, 0.25) is 0 Å². The first kappa shape index (κ1) is 15.1. The van der Waals surface area contributed by atoms with Crippen LogP contribution in [0.15, 0.2) is 5.16 Å². The zero-order valence-electron chi connectivity index (χ0n) is 11.5. The van der Waals surface area contributed by atoms with Crippen LogP contribution >= 0.6 is 0 Å². The van der Waals surface area contributed by atoms with E-state index >= 15 is 0 Å². The quantitative estimate of drug-likeness (QED) is 0.285. The Kier molecular flexibility index (Phi) is 3.95. The lowest BCUT2D eigenvalue weighted by molar-refractivity contribution is -0.133. The number of sulfone groups is 1. The van der Waals surface area contributed by atoms with Crippen molar-refractivity contribution in [2.75, 3.05) is 18.1 Å². The van der Waals surface area contributed by atoms with Gasteiger partial charge in [-0.3, -0.25) is 4.79 Å². The lowest BCUT2D eigenvalue weighted by Gasteiger charge is -2.43. The number of oxime groups is 1. The first-order valence-electron chi connectivity index (χ1n) is 6.76. The summed E-state index contributed by atoms with van der Waals surface area (Å²) in [5.74, 6) is 0.303. The van der Waals surface area contributed by atoms with Gasteiger partial charge in [-0.05, 0) is 31.1 Å². The molecule has 1 saturated heterocycles. The predicted octanol–water partition coefficient (Wildman–Crippen LogP) is -0.300. The number of nitrogens with one attached hydrogen (secondary N) is 1. The summed E-state index contributed by atoms with van der Waals surface area (Å²) in [7, 11) is -2.94. The van der Waals surface area contributed by atoms with E-state index in [4.69, 9.17) is 10.9 Å². The van der Waals surface area contributed by atoms with Crippen molar-refractivity contribution in [2.45, 2.75) is 26.2 Å². The SMILES string of the molecule is CC1CC(C(=O)NCC2CCS(=O)(=O)C2)(C(N)=NO)C1. The Bertz CT molecular complexity index is 523. The molecular weight excluding hydrogens is 282 g/mol. The van der Waals surface area contributed by atoms with Crippen LogP contribution in [0.5, 0.6) is 0 Å². The summed E-state index contributed by atoms with van der Waals surface area (Å²) in [6.07, 6.45) is 1.69. The molecule has 2 aliphatic rings. The van der Waals surface area contributed by atoms with E-state index in [0.29, 0.717) is 31.7 Å². The number of hydrogen-bond acceptors (Lipinski definition) is 5. The fourth-order valence-electron chi connectivity index (χ4n) is 3.18. The van der Waals surface area contributed by atoms with Gasteiger partial charge in [-0.1, -0.05) is 12.1 Å². The van der Waals surface area contributed by atoms with Gasteiger partial charge >= 0.3 is 0 Å². The molecule has 1 aliphatic carbocycles. The van der Waals surface area contributed by atoms with Crippen molar-refractivity contribution >= 4 is 21.6 Å². The number of amidine groups is 1. The molecular formula is C12H21N3O4S. The maximum absolute atomic E-state index is 12.3. The summed E-state index contributed by atoms with van der Waals surface area (Å²) in [4.78, 5) is 12.3. The van der Waals surface area contributed by atoms with Gasteiger partial charge in [0.1, 0.15) is 5.41 Å². The van der Waals surface area contributed by atoms with E-state index in [9.17, 15) is 13.2 Å². The molecule has 0 aromatic heterocycles. The van der Waals surface area contributed by atoms with Crippen LogP contribution in [-0.4, -0.2) is 43.4 Å². The van der Waals surface area contributed by atoms with Crippen molar-refractivity contribution < 1.29 is 18.4 Å². The minimum absolute atomic E-state index is 0.0363. The third kappa shape index (κ3) is 2.74. The monoisotopic (exact) mass is 303 g/mol. The van der Waals surface area contributed by atoms with Crippen LogP contribution in [0, 0.1) is 17.3 Å². The molecule has 2 fully saturated rings. The predicted molar refractivity (Wildman–Crippen MR) is 74.0 cm³/mol. The number of carbonyl (C=O) groups is 1. The Labute approximate surface area is 118 Å². The van der Waals surface area contributed by atoms with Crippen molar-refractivity contribution in [3.63, 3.8) is 0 Å². The molecule has 1 atom stereocenters. The molecule has 8 heteroatoms. The second-order valence-corrected chi connectivity index (χ2v) is 8.29. The average Bonchev–Trinajstić information content (AvgIpc) is 2.70. The first-order valence-corrected chi connectivity index (χ1v) is 8.58. The van der Waals surface area contributed by atoms with E-state index in [1.54, 1.807) is 0 Å². The highest BCUT2D eigenvalue weighted by Crippen LogP contribution is 2.45. The van der Waals surface area contributed by atoms with E-state index in [2.05, 4.69) is 10.5 Å². The largest absolute Gasteiger partial charge is 0.409 e. The van der Waals surface area contributed by atoms with Crippen molar-refractivity contribution in [3.05, 3.63) is 0 Å². The van der Waals surface area contributed by atoms with Gasteiger partial charge in [0.25, 0.3) is 0 Å². The zero-order valence-corrected chi connectivity index (χ0v) is 12.3. The highest BCUT2D eigenvalue weighted by atomic mass is 32.2. The average molecular weight is 303 g/mol. The molecule has 1 aliphatic heterocycles. The Balaban J connectivity index is 1.94. The van der Waals surface area contributed by atoms with Gasteiger partial charge in [0.2, 0.25) is 5.91 Å². The molecule has 1 heterocycles. The molecule has 0 bridgehead atoms.